The van der Waals surface area contributed by atoms with Crippen LogP contribution in [0.5, 0.6) is 0 Å². The van der Waals surface area contributed by atoms with E-state index in [1.165, 1.54) is 7.11 Å². The van der Waals surface area contributed by atoms with E-state index in [9.17, 15) is 4.79 Å². The van der Waals surface area contributed by atoms with Crippen LogP contribution in [0.3, 0.4) is 0 Å². The standard InChI is InChI=1S/C9H12N2O4/c1-5-3-4-6(14-5)7-10-11-8(15-7)9(12)13-2/h5-6H,3-4H2,1-2H3. The van der Waals surface area contributed by atoms with Crippen LogP contribution in [0, 0.1) is 0 Å². The Morgan fingerprint density at radius 1 is 1.47 bits per heavy atom. The average Bonchev–Trinajstić information content (AvgIpc) is 2.84. The average molecular weight is 212 g/mol. The summed E-state index contributed by atoms with van der Waals surface area (Å²) in [5.74, 6) is -0.407. The molecule has 0 N–H and O–H groups in total. The Morgan fingerprint density at radius 3 is 2.87 bits per heavy atom. The number of ether oxygens (including phenoxy) is 2. The molecule has 0 saturated carbocycles. The zero-order valence-corrected chi connectivity index (χ0v) is 8.60. The third-order valence-electron chi connectivity index (χ3n) is 2.31. The fourth-order valence-electron chi connectivity index (χ4n) is 1.52. The number of carbonyl (C=O) groups is 1. The Balaban J connectivity index is 2.10. The molecule has 0 aliphatic carbocycles. The molecule has 6 heteroatoms. The molecule has 2 rings (SSSR count). The first-order chi connectivity index (χ1) is 7.20. The van der Waals surface area contributed by atoms with Gasteiger partial charge >= 0.3 is 11.9 Å². The van der Waals surface area contributed by atoms with Crippen molar-refractivity contribution in [1.82, 2.24) is 10.2 Å². The number of esters is 1. The number of hydrogen-bond acceptors (Lipinski definition) is 6. The summed E-state index contributed by atoms with van der Waals surface area (Å²) < 4.78 is 15.1. The highest BCUT2D eigenvalue weighted by atomic mass is 16.5. The van der Waals surface area contributed by atoms with Gasteiger partial charge < -0.3 is 13.9 Å². The van der Waals surface area contributed by atoms with Crippen LogP contribution in [-0.2, 0) is 9.47 Å². The molecule has 1 fully saturated rings. The van der Waals surface area contributed by atoms with Crippen LogP contribution in [0.25, 0.3) is 0 Å². The summed E-state index contributed by atoms with van der Waals surface area (Å²) in [5, 5.41) is 7.34. The molecule has 2 atom stereocenters. The summed E-state index contributed by atoms with van der Waals surface area (Å²) in [5.41, 5.74) is 0. The maximum Gasteiger partial charge on any atom is 0.396 e. The van der Waals surface area contributed by atoms with Crippen LogP contribution in [0.2, 0.25) is 0 Å². The SMILES string of the molecule is COC(=O)c1nnc(C2CCC(C)O2)o1. The van der Waals surface area contributed by atoms with E-state index in [2.05, 4.69) is 14.9 Å². The van der Waals surface area contributed by atoms with Crippen LogP contribution in [-0.4, -0.2) is 29.4 Å². The lowest BCUT2D eigenvalue weighted by molar-refractivity contribution is 0.0362. The number of rotatable bonds is 2. The molecule has 2 unspecified atom stereocenters. The van der Waals surface area contributed by atoms with Gasteiger partial charge in [0.25, 0.3) is 0 Å². The van der Waals surface area contributed by atoms with E-state index >= 15 is 0 Å². The summed E-state index contributed by atoms with van der Waals surface area (Å²) >= 11 is 0. The van der Waals surface area contributed by atoms with E-state index in [1.54, 1.807) is 0 Å². The van der Waals surface area contributed by atoms with Crippen molar-refractivity contribution in [2.24, 2.45) is 0 Å². The van der Waals surface area contributed by atoms with Gasteiger partial charge in [0, 0.05) is 0 Å². The van der Waals surface area contributed by atoms with Gasteiger partial charge in [-0.15, -0.1) is 10.2 Å². The summed E-state index contributed by atoms with van der Waals surface area (Å²) in [6.45, 7) is 1.98. The van der Waals surface area contributed by atoms with Crippen molar-refractivity contribution in [3.8, 4) is 0 Å². The van der Waals surface area contributed by atoms with Crippen LogP contribution < -0.4 is 0 Å². The molecule has 0 spiro atoms. The number of methoxy groups -OCH3 is 1. The molecule has 0 amide bonds. The minimum absolute atomic E-state index is 0.129. The zero-order chi connectivity index (χ0) is 10.8. The van der Waals surface area contributed by atoms with Gasteiger partial charge in [-0.25, -0.2) is 4.79 Å². The van der Waals surface area contributed by atoms with E-state index in [-0.39, 0.29) is 18.1 Å². The van der Waals surface area contributed by atoms with Crippen LogP contribution >= 0.6 is 0 Å². The molecule has 6 nitrogen and oxygen atoms in total. The van der Waals surface area contributed by atoms with Crippen LogP contribution in [0.4, 0.5) is 0 Å². The van der Waals surface area contributed by atoms with Gasteiger partial charge in [0.2, 0.25) is 5.89 Å². The summed E-state index contributed by atoms with van der Waals surface area (Å²) in [7, 11) is 1.26. The molecular weight excluding hydrogens is 200 g/mol. The third-order valence-corrected chi connectivity index (χ3v) is 2.31. The van der Waals surface area contributed by atoms with Crippen molar-refractivity contribution in [3.63, 3.8) is 0 Å². The first kappa shape index (κ1) is 10.1. The molecule has 2 heterocycles. The Bertz CT molecular complexity index is 363. The fourth-order valence-corrected chi connectivity index (χ4v) is 1.52. The molecular formula is C9H12N2O4. The predicted molar refractivity (Wildman–Crippen MR) is 48.2 cm³/mol. The lowest BCUT2D eigenvalue weighted by Crippen LogP contribution is -2.01. The highest BCUT2D eigenvalue weighted by molar-refractivity contribution is 5.83. The topological polar surface area (TPSA) is 74.5 Å². The Kier molecular flexibility index (Phi) is 2.68. The van der Waals surface area contributed by atoms with Gasteiger partial charge in [-0.05, 0) is 19.8 Å². The van der Waals surface area contributed by atoms with Crippen LogP contribution in [0.1, 0.15) is 42.4 Å². The van der Waals surface area contributed by atoms with Crippen molar-refractivity contribution < 1.29 is 18.7 Å². The van der Waals surface area contributed by atoms with Gasteiger partial charge in [-0.1, -0.05) is 0 Å². The Labute approximate surface area is 86.6 Å². The first-order valence-electron chi connectivity index (χ1n) is 4.78. The molecule has 0 aromatic carbocycles. The molecule has 1 saturated heterocycles. The molecule has 1 aliphatic heterocycles. The molecule has 1 aromatic rings. The normalized spacial score (nSPS) is 25.5. The predicted octanol–water partition coefficient (Wildman–Crippen LogP) is 1.10. The van der Waals surface area contributed by atoms with E-state index in [0.29, 0.717) is 5.89 Å². The molecule has 82 valence electrons. The van der Waals surface area contributed by atoms with Crippen molar-refractivity contribution in [2.45, 2.75) is 32.0 Å². The Morgan fingerprint density at radius 2 is 2.27 bits per heavy atom. The molecule has 1 aromatic heterocycles. The first-order valence-corrected chi connectivity index (χ1v) is 4.78. The number of aromatic nitrogens is 2. The smallest absolute Gasteiger partial charge is 0.396 e. The minimum Gasteiger partial charge on any atom is -0.462 e. The minimum atomic E-state index is -0.625. The third kappa shape index (κ3) is 1.99. The van der Waals surface area contributed by atoms with Crippen LogP contribution in [0.15, 0.2) is 4.42 Å². The summed E-state index contributed by atoms with van der Waals surface area (Å²) in [6.07, 6.45) is 1.80. The Hall–Kier alpha value is -1.43. The van der Waals surface area contributed by atoms with Crippen molar-refractivity contribution in [1.29, 1.82) is 0 Å². The van der Waals surface area contributed by atoms with Gasteiger partial charge in [0.1, 0.15) is 6.10 Å². The van der Waals surface area contributed by atoms with Crippen molar-refractivity contribution in [3.05, 3.63) is 11.8 Å². The quantitative estimate of drug-likeness (QED) is 0.683. The highest BCUT2D eigenvalue weighted by Gasteiger charge is 2.29. The lowest BCUT2D eigenvalue weighted by atomic mass is 10.2. The maximum absolute atomic E-state index is 11.0. The molecule has 15 heavy (non-hydrogen) atoms. The van der Waals surface area contributed by atoms with E-state index in [4.69, 9.17) is 9.15 Å². The molecule has 0 radical (unpaired) electrons. The fraction of sp³-hybridized carbons (Fsp3) is 0.667. The molecule has 0 bridgehead atoms. The summed E-state index contributed by atoms with van der Waals surface area (Å²) in [4.78, 5) is 11.0. The monoisotopic (exact) mass is 212 g/mol. The van der Waals surface area contributed by atoms with E-state index in [0.717, 1.165) is 12.8 Å². The van der Waals surface area contributed by atoms with Crippen molar-refractivity contribution >= 4 is 5.97 Å². The van der Waals surface area contributed by atoms with Gasteiger partial charge in [0.05, 0.1) is 13.2 Å². The molecule has 1 aliphatic rings. The number of hydrogen-bond donors (Lipinski definition) is 0. The number of nitrogens with zero attached hydrogens (tertiary/aromatic N) is 2. The second kappa shape index (κ2) is 3.98. The maximum atomic E-state index is 11.0. The van der Waals surface area contributed by atoms with Gasteiger partial charge in [0.15, 0.2) is 0 Å². The zero-order valence-electron chi connectivity index (χ0n) is 8.60. The lowest BCUT2D eigenvalue weighted by Gasteiger charge is -2.04. The summed E-state index contributed by atoms with van der Waals surface area (Å²) in [6, 6.07) is 0. The second-order valence-corrected chi connectivity index (χ2v) is 3.45. The second-order valence-electron chi connectivity index (χ2n) is 3.45. The largest absolute Gasteiger partial charge is 0.462 e. The van der Waals surface area contributed by atoms with Crippen molar-refractivity contribution in [2.75, 3.05) is 7.11 Å². The number of carbonyl (C=O) groups excluding carboxylic acids is 1. The van der Waals surface area contributed by atoms with E-state index in [1.807, 2.05) is 6.92 Å². The highest BCUT2D eigenvalue weighted by Crippen LogP contribution is 2.31. The van der Waals surface area contributed by atoms with Gasteiger partial charge in [-0.3, -0.25) is 0 Å². The van der Waals surface area contributed by atoms with E-state index < -0.39 is 5.97 Å². The van der Waals surface area contributed by atoms with Gasteiger partial charge in [-0.2, -0.15) is 0 Å².